The van der Waals surface area contributed by atoms with Crippen molar-refractivity contribution in [2.24, 2.45) is 0 Å². The molecule has 0 saturated heterocycles. The predicted molar refractivity (Wildman–Crippen MR) is 271 cm³/mol. The lowest BCUT2D eigenvalue weighted by Gasteiger charge is -2.00. The first-order chi connectivity index (χ1) is 31.3. The van der Waals surface area contributed by atoms with Crippen molar-refractivity contribution in [3.8, 4) is 0 Å². The van der Waals surface area contributed by atoms with Crippen LogP contribution in [-0.4, -0.2) is 0 Å². The highest BCUT2D eigenvalue weighted by atomic mass is 16.1. The van der Waals surface area contributed by atoms with Crippen LogP contribution in [0.25, 0.3) is 108 Å². The molecule has 0 radical (unpaired) electrons. The van der Waals surface area contributed by atoms with Crippen LogP contribution in [0, 0.1) is 0 Å². The minimum Gasteiger partial charge on any atom is -0.289 e. The molecule has 64 heavy (non-hydrogen) atoms. The maximum absolute atomic E-state index is 13.5. The summed E-state index contributed by atoms with van der Waals surface area (Å²) >= 11 is 0. The molecule has 4 heteroatoms. The van der Waals surface area contributed by atoms with Crippen molar-refractivity contribution in [1.82, 2.24) is 0 Å². The zero-order valence-electron chi connectivity index (χ0n) is 34.4. The molecule has 0 N–H and O–H groups in total. The topological polar surface area (TPSA) is 68.3 Å². The SMILES string of the molecule is O=c1cc2c(=O)cc1c1ccc(cc1)c1ccc(cc1)c1ccc(cc1)c1ccc(cc1)c1cc(=O)c(cc1=O)c1ccc(cc1)c1ccc(cc1)c1ccc(cc1)c1ccc2cc1. The molecule has 0 aliphatic carbocycles. The second-order valence-corrected chi connectivity index (χ2v) is 16.3. The Morgan fingerprint density at radius 1 is 0.141 bits per heavy atom. The molecule has 0 unspecified atom stereocenters. The smallest absolute Gasteiger partial charge is 0.187 e. The molecule has 0 aliphatic rings. The molecule has 4 nitrogen and oxygen atoms in total. The van der Waals surface area contributed by atoms with Crippen LogP contribution in [0.1, 0.15) is 0 Å². The Hall–Kier alpha value is -8.60. The quantitative estimate of drug-likeness (QED) is 0.153. The Kier molecular flexibility index (Phi) is 9.40. The maximum Gasteiger partial charge on any atom is 0.187 e. The van der Waals surface area contributed by atoms with Crippen molar-refractivity contribution in [3.63, 3.8) is 0 Å². The molecule has 0 fully saturated rings. The first kappa shape index (κ1) is 38.3. The second-order valence-electron chi connectivity index (χ2n) is 16.3. The number of benzene rings is 10. The number of hydrogen-bond donors (Lipinski definition) is 0. The molecule has 38 aromatic rings. The molecule has 0 saturated carbocycles. The maximum atomic E-state index is 13.5. The first-order valence-electron chi connectivity index (χ1n) is 21.2. The summed E-state index contributed by atoms with van der Waals surface area (Å²) in [7, 11) is 0. The lowest BCUT2D eigenvalue weighted by Crippen LogP contribution is -2.08. The average Bonchev–Trinajstić information content (AvgIpc) is 3.35. The minimum atomic E-state index is -0.197. The van der Waals surface area contributed by atoms with Crippen molar-refractivity contribution >= 4 is 108 Å². The molecule has 0 aromatic heterocycles. The van der Waals surface area contributed by atoms with E-state index in [1.54, 1.807) is 0 Å². The Balaban J connectivity index is 1.06. The summed E-state index contributed by atoms with van der Waals surface area (Å²) in [6.45, 7) is 0. The third-order valence-corrected chi connectivity index (χ3v) is 12.5. The van der Waals surface area contributed by atoms with Crippen molar-refractivity contribution in [2.45, 2.75) is 0 Å². The van der Waals surface area contributed by atoms with Gasteiger partial charge in [0.25, 0.3) is 0 Å². The van der Waals surface area contributed by atoms with Crippen LogP contribution in [0.15, 0.2) is 238 Å². The van der Waals surface area contributed by atoms with Crippen molar-refractivity contribution in [2.75, 3.05) is 0 Å². The first-order valence-corrected chi connectivity index (χ1v) is 21.2. The van der Waals surface area contributed by atoms with Crippen LogP contribution in [0.2, 0.25) is 0 Å². The molecule has 38 rings (SSSR count). The highest BCUT2D eigenvalue weighted by molar-refractivity contribution is 5.97. The van der Waals surface area contributed by atoms with Gasteiger partial charge in [-0.3, -0.25) is 19.2 Å². The van der Waals surface area contributed by atoms with E-state index in [1.807, 2.05) is 97.1 Å². The molecule has 300 valence electrons. The molecule has 0 spiro atoms. The van der Waals surface area contributed by atoms with Gasteiger partial charge in [-0.2, -0.15) is 0 Å². The molecule has 20 bridgehead atoms. The van der Waals surface area contributed by atoms with E-state index in [0.717, 1.165) is 64.6 Å². The molecular weight excluding hydrogens is 785 g/mol. The van der Waals surface area contributed by atoms with Gasteiger partial charge in [0.1, 0.15) is 0 Å². The van der Waals surface area contributed by atoms with Crippen LogP contribution in [0.3, 0.4) is 0 Å². The highest BCUT2D eigenvalue weighted by Crippen LogP contribution is 2.24. The van der Waals surface area contributed by atoms with Crippen LogP contribution in [-0.2, 0) is 0 Å². The fourth-order valence-corrected chi connectivity index (χ4v) is 8.81. The summed E-state index contributed by atoms with van der Waals surface area (Å²) in [5.74, 6) is 0. The van der Waals surface area contributed by atoms with Gasteiger partial charge in [-0.25, -0.2) is 0 Å². The van der Waals surface area contributed by atoms with E-state index < -0.39 is 0 Å². The summed E-state index contributed by atoms with van der Waals surface area (Å²) in [5, 5.41) is 16.8. The predicted octanol–water partition coefficient (Wildman–Crippen LogP) is 13.5. The van der Waals surface area contributed by atoms with E-state index in [-0.39, 0.29) is 21.7 Å². The summed E-state index contributed by atoms with van der Waals surface area (Å²) < 4.78 is 0. The zero-order chi connectivity index (χ0) is 43.3. The molecule has 38 aromatic carbocycles. The monoisotopic (exact) mass is 820 g/mol. The van der Waals surface area contributed by atoms with E-state index in [9.17, 15) is 19.2 Å². The Morgan fingerprint density at radius 3 is 0.344 bits per heavy atom. The minimum absolute atomic E-state index is 0.197. The number of rotatable bonds is 0. The van der Waals surface area contributed by atoms with Gasteiger partial charge in [0.05, 0.1) is 0 Å². The van der Waals surface area contributed by atoms with E-state index in [0.29, 0.717) is 43.1 Å². The van der Waals surface area contributed by atoms with Gasteiger partial charge in [-0.1, -0.05) is 194 Å². The van der Waals surface area contributed by atoms with Crippen LogP contribution in [0.5, 0.6) is 0 Å². The fourth-order valence-electron chi connectivity index (χ4n) is 8.81. The third-order valence-electron chi connectivity index (χ3n) is 12.5. The zero-order valence-corrected chi connectivity index (χ0v) is 34.4. The van der Waals surface area contributed by atoms with Gasteiger partial charge in [0.15, 0.2) is 21.7 Å². The summed E-state index contributed by atoms with van der Waals surface area (Å²) in [4.78, 5) is 53.8. The lowest BCUT2D eigenvalue weighted by atomic mass is 10.0. The van der Waals surface area contributed by atoms with Crippen molar-refractivity contribution in [1.29, 1.82) is 0 Å². The summed E-state index contributed by atoms with van der Waals surface area (Å²) in [6.07, 6.45) is 0. The Morgan fingerprint density at radius 2 is 0.234 bits per heavy atom. The van der Waals surface area contributed by atoms with Crippen LogP contribution in [0.4, 0.5) is 0 Å². The van der Waals surface area contributed by atoms with E-state index in [4.69, 9.17) is 0 Å². The van der Waals surface area contributed by atoms with Gasteiger partial charge >= 0.3 is 0 Å². The van der Waals surface area contributed by atoms with Gasteiger partial charge in [-0.05, 0) is 110 Å². The molecule has 0 atom stereocenters. The Bertz CT molecular complexity index is 3580. The second kappa shape index (κ2) is 15.7. The van der Waals surface area contributed by atoms with Crippen molar-refractivity contribution in [3.05, 3.63) is 259 Å². The van der Waals surface area contributed by atoms with Gasteiger partial charge in [0.2, 0.25) is 0 Å². The largest absolute Gasteiger partial charge is 0.289 e. The summed E-state index contributed by atoms with van der Waals surface area (Å²) in [5.41, 5.74) is -0.789. The van der Waals surface area contributed by atoms with Gasteiger partial charge in [-0.15, -0.1) is 0 Å². The normalized spacial score (nSPS) is 11.4. The number of hydrogen-bond acceptors (Lipinski definition) is 4. The van der Waals surface area contributed by atoms with E-state index >= 15 is 0 Å². The molecule has 0 amide bonds. The summed E-state index contributed by atoms with van der Waals surface area (Å²) in [6, 6.07) is 70.2. The lowest BCUT2D eigenvalue weighted by molar-refractivity contribution is 1.64. The van der Waals surface area contributed by atoms with Crippen molar-refractivity contribution < 1.29 is 0 Å². The molecule has 0 aliphatic heterocycles. The molecule has 0 heterocycles. The van der Waals surface area contributed by atoms with Gasteiger partial charge in [0, 0.05) is 21.5 Å². The van der Waals surface area contributed by atoms with E-state index in [2.05, 4.69) is 97.1 Å². The molecular formula is C60H36O4. The van der Waals surface area contributed by atoms with Crippen LogP contribution >= 0.6 is 0 Å². The Labute approximate surface area is 365 Å². The average molecular weight is 821 g/mol. The van der Waals surface area contributed by atoms with E-state index in [1.165, 1.54) is 24.3 Å². The fraction of sp³-hybridized carbons (Fsp3) is 0. The third kappa shape index (κ3) is 7.13. The highest BCUT2D eigenvalue weighted by Gasteiger charge is 2.05. The van der Waals surface area contributed by atoms with Gasteiger partial charge < -0.3 is 0 Å². The van der Waals surface area contributed by atoms with Crippen LogP contribution < -0.4 is 21.7 Å². The standard InChI is InChI=1S/C60H36O4/c61-57-34-54-51-29-21-47(22-30-51)43-13-5-39(6-14-43)40-7-15-44(16-8-40)48-23-31-52(32-24-48)56-36-59(63)55(35-60(56)64)50-27-19-46(20-28-50)42-11-3-38(4-12-42)37-1-9-41(10-2-37)45-17-25-49(26-18-45)53(57)33-58(54)62/h1-36H.